The third-order valence-electron chi connectivity index (χ3n) is 2.65. The molecule has 1 aliphatic rings. The summed E-state index contributed by atoms with van der Waals surface area (Å²) in [7, 11) is 0. The van der Waals surface area contributed by atoms with Crippen LogP contribution in [0.2, 0.25) is 0 Å². The molecule has 13 heavy (non-hydrogen) atoms. The van der Waals surface area contributed by atoms with Crippen LogP contribution in [0.5, 0.6) is 0 Å². The van der Waals surface area contributed by atoms with Crippen LogP contribution in [0.15, 0.2) is 0 Å². The molecule has 1 heterocycles. The van der Waals surface area contributed by atoms with Crippen LogP contribution in [0, 0.1) is 5.92 Å². The maximum absolute atomic E-state index is 10.9. The Morgan fingerprint density at radius 3 is 2.77 bits per heavy atom. The van der Waals surface area contributed by atoms with Crippen molar-refractivity contribution < 1.29 is 4.79 Å². The van der Waals surface area contributed by atoms with E-state index in [0.29, 0.717) is 6.42 Å². The second-order valence-corrected chi connectivity index (χ2v) is 3.69. The van der Waals surface area contributed by atoms with E-state index in [4.69, 9.17) is 0 Å². The van der Waals surface area contributed by atoms with Crippen molar-refractivity contribution >= 4 is 5.91 Å². The van der Waals surface area contributed by atoms with E-state index in [9.17, 15) is 4.79 Å². The monoisotopic (exact) mass is 184 g/mol. The van der Waals surface area contributed by atoms with E-state index in [2.05, 4.69) is 10.6 Å². The standard InChI is InChI=1S/C10H20N2O/c1-2-10(13)12-8-5-9-3-6-11-7-4-9/h9,11H,2-8H2,1H3,(H,12,13). The minimum Gasteiger partial charge on any atom is -0.356 e. The molecule has 1 fully saturated rings. The maximum atomic E-state index is 10.9. The molecule has 0 saturated carbocycles. The fraction of sp³-hybridized carbons (Fsp3) is 0.900. The van der Waals surface area contributed by atoms with Gasteiger partial charge in [-0.05, 0) is 38.3 Å². The molecule has 3 heteroatoms. The lowest BCUT2D eigenvalue weighted by Gasteiger charge is -2.22. The molecule has 2 N–H and O–H groups in total. The summed E-state index contributed by atoms with van der Waals surface area (Å²) in [5.74, 6) is 0.993. The highest BCUT2D eigenvalue weighted by Gasteiger charge is 2.12. The third-order valence-corrected chi connectivity index (χ3v) is 2.65. The summed E-state index contributed by atoms with van der Waals surface area (Å²) < 4.78 is 0. The van der Waals surface area contributed by atoms with E-state index in [1.54, 1.807) is 0 Å². The van der Waals surface area contributed by atoms with Crippen LogP contribution in [-0.4, -0.2) is 25.5 Å². The van der Waals surface area contributed by atoms with Crippen molar-refractivity contribution in [3.8, 4) is 0 Å². The highest BCUT2D eigenvalue weighted by Crippen LogP contribution is 2.14. The predicted octanol–water partition coefficient (Wildman–Crippen LogP) is 0.902. The number of carbonyl (C=O) groups excluding carboxylic acids is 1. The fourth-order valence-electron chi connectivity index (χ4n) is 1.71. The van der Waals surface area contributed by atoms with Crippen LogP contribution in [0.3, 0.4) is 0 Å². The molecule has 0 aromatic carbocycles. The zero-order valence-electron chi connectivity index (χ0n) is 8.44. The predicted molar refractivity (Wildman–Crippen MR) is 53.5 cm³/mol. The summed E-state index contributed by atoms with van der Waals surface area (Å²) in [5.41, 5.74) is 0. The topological polar surface area (TPSA) is 41.1 Å². The van der Waals surface area contributed by atoms with Gasteiger partial charge in [-0.1, -0.05) is 6.92 Å². The van der Waals surface area contributed by atoms with E-state index in [0.717, 1.165) is 32.0 Å². The molecule has 0 atom stereocenters. The van der Waals surface area contributed by atoms with Crippen LogP contribution in [0.25, 0.3) is 0 Å². The van der Waals surface area contributed by atoms with Crippen molar-refractivity contribution in [2.45, 2.75) is 32.6 Å². The van der Waals surface area contributed by atoms with Crippen LogP contribution < -0.4 is 10.6 Å². The van der Waals surface area contributed by atoms with E-state index in [1.807, 2.05) is 6.92 Å². The average molecular weight is 184 g/mol. The average Bonchev–Trinajstić information content (AvgIpc) is 2.19. The molecule has 0 aromatic heterocycles. The number of rotatable bonds is 4. The van der Waals surface area contributed by atoms with Gasteiger partial charge in [0.2, 0.25) is 5.91 Å². The quantitative estimate of drug-likeness (QED) is 0.681. The van der Waals surface area contributed by atoms with Gasteiger partial charge in [-0.15, -0.1) is 0 Å². The Morgan fingerprint density at radius 2 is 2.15 bits per heavy atom. The van der Waals surface area contributed by atoms with Crippen molar-refractivity contribution in [2.75, 3.05) is 19.6 Å². The van der Waals surface area contributed by atoms with Crippen molar-refractivity contribution in [3.63, 3.8) is 0 Å². The Labute approximate surface area is 80.3 Å². The molecule has 0 radical (unpaired) electrons. The van der Waals surface area contributed by atoms with Gasteiger partial charge in [0.05, 0.1) is 0 Å². The number of hydrogen-bond acceptors (Lipinski definition) is 2. The molecule has 0 aromatic rings. The first-order valence-corrected chi connectivity index (χ1v) is 5.30. The van der Waals surface area contributed by atoms with Crippen molar-refractivity contribution in [1.82, 2.24) is 10.6 Å². The summed E-state index contributed by atoms with van der Waals surface area (Å²) in [5, 5.41) is 6.26. The van der Waals surface area contributed by atoms with Crippen LogP contribution in [-0.2, 0) is 4.79 Å². The zero-order valence-corrected chi connectivity index (χ0v) is 8.44. The van der Waals surface area contributed by atoms with Gasteiger partial charge in [0.1, 0.15) is 0 Å². The van der Waals surface area contributed by atoms with E-state index >= 15 is 0 Å². The summed E-state index contributed by atoms with van der Waals surface area (Å²) in [4.78, 5) is 10.9. The lowest BCUT2D eigenvalue weighted by molar-refractivity contribution is -0.120. The molecule has 0 bridgehead atoms. The number of nitrogens with one attached hydrogen (secondary N) is 2. The molecular weight excluding hydrogens is 164 g/mol. The summed E-state index contributed by atoms with van der Waals surface area (Å²) in [6, 6.07) is 0. The summed E-state index contributed by atoms with van der Waals surface area (Å²) >= 11 is 0. The lowest BCUT2D eigenvalue weighted by atomic mass is 9.95. The van der Waals surface area contributed by atoms with E-state index in [-0.39, 0.29) is 5.91 Å². The molecule has 3 nitrogen and oxygen atoms in total. The van der Waals surface area contributed by atoms with E-state index < -0.39 is 0 Å². The van der Waals surface area contributed by atoms with Gasteiger partial charge in [-0.25, -0.2) is 0 Å². The first kappa shape index (κ1) is 10.5. The van der Waals surface area contributed by atoms with Gasteiger partial charge < -0.3 is 10.6 Å². The molecule has 1 amide bonds. The Bertz CT molecular complexity index is 153. The number of piperidine rings is 1. The molecule has 0 unspecified atom stereocenters. The molecule has 1 rings (SSSR count). The molecule has 1 aliphatic heterocycles. The van der Waals surface area contributed by atoms with Crippen molar-refractivity contribution in [2.24, 2.45) is 5.92 Å². The highest BCUT2D eigenvalue weighted by molar-refractivity contribution is 5.75. The Balaban J connectivity index is 2.01. The third kappa shape index (κ3) is 4.27. The summed E-state index contributed by atoms with van der Waals surface area (Å²) in [6.45, 7) is 5.04. The van der Waals surface area contributed by atoms with Crippen molar-refractivity contribution in [3.05, 3.63) is 0 Å². The largest absolute Gasteiger partial charge is 0.356 e. The Morgan fingerprint density at radius 1 is 1.46 bits per heavy atom. The lowest BCUT2D eigenvalue weighted by Crippen LogP contribution is -2.31. The molecular formula is C10H20N2O. The van der Waals surface area contributed by atoms with Gasteiger partial charge in [0.15, 0.2) is 0 Å². The number of carbonyl (C=O) groups is 1. The molecule has 0 spiro atoms. The number of hydrogen-bond donors (Lipinski definition) is 2. The minimum atomic E-state index is 0.175. The van der Waals surface area contributed by atoms with Gasteiger partial charge in [0, 0.05) is 13.0 Å². The molecule has 76 valence electrons. The van der Waals surface area contributed by atoms with Crippen molar-refractivity contribution in [1.29, 1.82) is 0 Å². The zero-order chi connectivity index (χ0) is 9.52. The first-order chi connectivity index (χ1) is 6.33. The highest BCUT2D eigenvalue weighted by atomic mass is 16.1. The first-order valence-electron chi connectivity index (χ1n) is 5.30. The minimum absolute atomic E-state index is 0.175. The normalized spacial score (nSPS) is 18.5. The van der Waals surface area contributed by atoms with Gasteiger partial charge >= 0.3 is 0 Å². The second-order valence-electron chi connectivity index (χ2n) is 3.69. The maximum Gasteiger partial charge on any atom is 0.219 e. The van der Waals surface area contributed by atoms with Gasteiger partial charge in [-0.3, -0.25) is 4.79 Å². The molecule has 1 saturated heterocycles. The number of amides is 1. The second kappa shape index (κ2) is 5.97. The summed E-state index contributed by atoms with van der Waals surface area (Å²) in [6.07, 6.45) is 4.28. The smallest absolute Gasteiger partial charge is 0.219 e. The Kier molecular flexibility index (Phi) is 4.83. The molecule has 0 aliphatic carbocycles. The Hall–Kier alpha value is -0.570. The van der Waals surface area contributed by atoms with Gasteiger partial charge in [-0.2, -0.15) is 0 Å². The van der Waals surface area contributed by atoms with Gasteiger partial charge in [0.25, 0.3) is 0 Å². The SMILES string of the molecule is CCC(=O)NCCC1CCNCC1. The van der Waals surface area contributed by atoms with E-state index in [1.165, 1.54) is 12.8 Å². The van der Waals surface area contributed by atoms with Crippen LogP contribution >= 0.6 is 0 Å². The fourth-order valence-corrected chi connectivity index (χ4v) is 1.71. The van der Waals surface area contributed by atoms with Crippen LogP contribution in [0.1, 0.15) is 32.6 Å². The van der Waals surface area contributed by atoms with Crippen LogP contribution in [0.4, 0.5) is 0 Å².